The molecule has 2 aromatic rings. The van der Waals surface area contributed by atoms with Crippen molar-refractivity contribution >= 4 is 40.6 Å². The van der Waals surface area contributed by atoms with Crippen LogP contribution in [0.3, 0.4) is 0 Å². The smallest absolute Gasteiger partial charge is 0.381 e. The number of hydrogen-bond donors (Lipinski definition) is 1. The number of piperidine rings is 1. The highest BCUT2D eigenvalue weighted by Gasteiger charge is 2.29. The van der Waals surface area contributed by atoms with Gasteiger partial charge in [-0.15, -0.1) is 0 Å². The lowest BCUT2D eigenvalue weighted by molar-refractivity contribution is -0.132. The van der Waals surface area contributed by atoms with Gasteiger partial charge in [0.1, 0.15) is 0 Å². The summed E-state index contributed by atoms with van der Waals surface area (Å²) in [5.41, 5.74) is -2.34. The van der Waals surface area contributed by atoms with Crippen LogP contribution in [0.1, 0.15) is 25.7 Å². The molecule has 2 aromatic carbocycles. The molecule has 1 amide bonds. The number of nitrogens with one attached hydrogen (secondary N) is 1. The summed E-state index contributed by atoms with van der Waals surface area (Å²) < 4.78 is 37.6. The monoisotopic (exact) mass is 540 g/mol. The van der Waals surface area contributed by atoms with Crippen molar-refractivity contribution < 1.29 is 18.0 Å². The minimum absolute atomic E-state index is 0.0925. The number of anilines is 2. The lowest BCUT2D eigenvalue weighted by atomic mass is 10.0. The molecule has 2 saturated heterocycles. The summed E-state index contributed by atoms with van der Waals surface area (Å²) in [5, 5.41) is 4.12. The molecule has 196 valence electrons. The second-order valence-corrected chi connectivity index (χ2v) is 10.9. The van der Waals surface area contributed by atoms with E-state index in [0.29, 0.717) is 13.0 Å². The van der Waals surface area contributed by atoms with E-state index in [1.165, 1.54) is 17.8 Å². The van der Waals surface area contributed by atoms with E-state index in [-0.39, 0.29) is 28.6 Å². The van der Waals surface area contributed by atoms with Crippen LogP contribution in [0.5, 0.6) is 0 Å². The van der Waals surface area contributed by atoms with Gasteiger partial charge in [0.25, 0.3) is 0 Å². The SMILES string of the molecule is O=C(CCN1CCCN(c2ccc(Cl)cc2)CC1)N1CCC[C@H](Nc2ccc(SC(F)(F)F)cc2)C1. The van der Waals surface area contributed by atoms with Crippen molar-refractivity contribution in [3.8, 4) is 0 Å². The van der Waals surface area contributed by atoms with Crippen LogP contribution in [0.25, 0.3) is 0 Å². The normalized spacial score (nSPS) is 19.7. The molecule has 10 heteroatoms. The van der Waals surface area contributed by atoms with Gasteiger partial charge < -0.3 is 20.0 Å². The van der Waals surface area contributed by atoms with E-state index in [1.807, 2.05) is 17.0 Å². The number of carbonyl (C=O) groups excluding carboxylic acids is 1. The second-order valence-electron chi connectivity index (χ2n) is 9.30. The van der Waals surface area contributed by atoms with Crippen LogP contribution < -0.4 is 10.2 Å². The Morgan fingerprint density at radius 1 is 0.972 bits per heavy atom. The molecule has 0 aliphatic carbocycles. The topological polar surface area (TPSA) is 38.8 Å². The van der Waals surface area contributed by atoms with E-state index in [2.05, 4.69) is 27.2 Å². The molecule has 36 heavy (non-hydrogen) atoms. The Morgan fingerprint density at radius 3 is 2.44 bits per heavy atom. The largest absolute Gasteiger partial charge is 0.446 e. The van der Waals surface area contributed by atoms with Crippen molar-refractivity contribution in [2.24, 2.45) is 0 Å². The Balaban J connectivity index is 1.21. The van der Waals surface area contributed by atoms with E-state index in [9.17, 15) is 18.0 Å². The Kier molecular flexibility index (Phi) is 9.30. The minimum Gasteiger partial charge on any atom is -0.381 e. The summed E-state index contributed by atoms with van der Waals surface area (Å²) in [6.07, 6.45) is 3.38. The molecule has 1 atom stereocenters. The Bertz CT molecular complexity index is 990. The third-order valence-corrected chi connectivity index (χ3v) is 7.65. The molecule has 0 aromatic heterocycles. The zero-order valence-electron chi connectivity index (χ0n) is 20.1. The summed E-state index contributed by atoms with van der Waals surface area (Å²) in [6.45, 7) is 5.92. The van der Waals surface area contributed by atoms with Crippen LogP contribution >= 0.6 is 23.4 Å². The number of alkyl halides is 3. The van der Waals surface area contributed by atoms with Gasteiger partial charge >= 0.3 is 5.51 Å². The third-order valence-electron chi connectivity index (χ3n) is 6.65. The Morgan fingerprint density at radius 2 is 1.72 bits per heavy atom. The first-order valence-electron chi connectivity index (χ1n) is 12.4. The number of likely N-dealkylation sites (tertiary alicyclic amines) is 1. The Labute approximate surface area is 219 Å². The van der Waals surface area contributed by atoms with Crippen LogP contribution in [0.15, 0.2) is 53.4 Å². The van der Waals surface area contributed by atoms with Gasteiger partial charge in [-0.3, -0.25) is 4.79 Å². The number of carbonyl (C=O) groups is 1. The maximum atomic E-state index is 13.0. The van der Waals surface area contributed by atoms with Gasteiger partial charge in [0, 0.05) is 73.0 Å². The fourth-order valence-corrected chi connectivity index (χ4v) is 5.49. The van der Waals surface area contributed by atoms with E-state index in [4.69, 9.17) is 11.6 Å². The number of nitrogens with zero attached hydrogens (tertiary/aromatic N) is 3. The highest BCUT2D eigenvalue weighted by atomic mass is 35.5. The zero-order valence-corrected chi connectivity index (χ0v) is 21.7. The van der Waals surface area contributed by atoms with Crippen molar-refractivity contribution in [1.29, 1.82) is 0 Å². The van der Waals surface area contributed by atoms with E-state index >= 15 is 0 Å². The zero-order chi connectivity index (χ0) is 25.5. The van der Waals surface area contributed by atoms with Crippen LogP contribution in [-0.2, 0) is 4.79 Å². The first kappa shape index (κ1) is 26.9. The molecule has 5 nitrogen and oxygen atoms in total. The average Bonchev–Trinajstić information content (AvgIpc) is 3.09. The number of halogens is 4. The second kappa shape index (κ2) is 12.4. The molecule has 2 aliphatic heterocycles. The van der Waals surface area contributed by atoms with Crippen LogP contribution in [0, 0.1) is 0 Å². The highest BCUT2D eigenvalue weighted by molar-refractivity contribution is 8.00. The number of hydrogen-bond acceptors (Lipinski definition) is 5. The van der Waals surface area contributed by atoms with Crippen molar-refractivity contribution in [3.63, 3.8) is 0 Å². The molecule has 2 aliphatic rings. The third kappa shape index (κ3) is 8.21. The van der Waals surface area contributed by atoms with Crippen LogP contribution in [0.4, 0.5) is 24.5 Å². The molecule has 0 radical (unpaired) electrons. The van der Waals surface area contributed by atoms with Crippen molar-refractivity contribution in [2.75, 3.05) is 56.0 Å². The molecule has 4 rings (SSSR count). The van der Waals surface area contributed by atoms with Gasteiger partial charge in [0.05, 0.1) is 0 Å². The van der Waals surface area contributed by atoms with Gasteiger partial charge in [0.2, 0.25) is 5.91 Å². The van der Waals surface area contributed by atoms with E-state index in [0.717, 1.165) is 69.2 Å². The van der Waals surface area contributed by atoms with Crippen LogP contribution in [-0.4, -0.2) is 73.1 Å². The molecular formula is C26H32ClF3N4OS. The molecule has 2 fully saturated rings. The maximum Gasteiger partial charge on any atom is 0.446 e. The number of amides is 1. The lowest BCUT2D eigenvalue weighted by Gasteiger charge is -2.34. The Hall–Kier alpha value is -2.10. The van der Waals surface area contributed by atoms with E-state index in [1.54, 1.807) is 12.1 Å². The van der Waals surface area contributed by atoms with Gasteiger partial charge in [-0.05, 0) is 86.1 Å². The molecule has 2 heterocycles. The predicted octanol–water partition coefficient (Wildman–Crippen LogP) is 5.96. The first-order valence-corrected chi connectivity index (χ1v) is 13.6. The highest BCUT2D eigenvalue weighted by Crippen LogP contribution is 2.37. The predicted molar refractivity (Wildman–Crippen MR) is 141 cm³/mol. The molecule has 0 bridgehead atoms. The van der Waals surface area contributed by atoms with Gasteiger partial charge in [-0.2, -0.15) is 13.2 Å². The molecule has 1 N–H and O–H groups in total. The number of rotatable bonds is 7. The van der Waals surface area contributed by atoms with Gasteiger partial charge in [0.15, 0.2) is 0 Å². The van der Waals surface area contributed by atoms with Crippen LogP contribution in [0.2, 0.25) is 5.02 Å². The lowest BCUT2D eigenvalue weighted by Crippen LogP contribution is -2.46. The van der Waals surface area contributed by atoms with Crippen molar-refractivity contribution in [3.05, 3.63) is 53.6 Å². The van der Waals surface area contributed by atoms with Crippen molar-refractivity contribution in [2.45, 2.75) is 42.1 Å². The first-order chi connectivity index (χ1) is 17.2. The molecule has 0 saturated carbocycles. The summed E-state index contributed by atoms with van der Waals surface area (Å²) in [4.78, 5) is 19.8. The van der Waals surface area contributed by atoms with Crippen molar-refractivity contribution in [1.82, 2.24) is 9.80 Å². The number of thioether (sulfide) groups is 1. The molecule has 0 spiro atoms. The summed E-state index contributed by atoms with van der Waals surface area (Å²) in [5.74, 6) is 0.164. The summed E-state index contributed by atoms with van der Waals surface area (Å²) in [7, 11) is 0. The van der Waals surface area contributed by atoms with E-state index < -0.39 is 5.51 Å². The maximum absolute atomic E-state index is 13.0. The molecule has 0 unspecified atom stereocenters. The molecular weight excluding hydrogens is 509 g/mol. The fourth-order valence-electron chi connectivity index (χ4n) is 4.83. The quantitative estimate of drug-likeness (QED) is 0.439. The van der Waals surface area contributed by atoms with Gasteiger partial charge in [-0.25, -0.2) is 0 Å². The average molecular weight is 541 g/mol. The van der Waals surface area contributed by atoms with Gasteiger partial charge in [-0.1, -0.05) is 11.6 Å². The summed E-state index contributed by atoms with van der Waals surface area (Å²) in [6, 6.07) is 14.3. The fraction of sp³-hybridized carbons (Fsp3) is 0.500. The summed E-state index contributed by atoms with van der Waals surface area (Å²) >= 11 is 5.90. The minimum atomic E-state index is -4.29. The standard InChI is InChI=1S/C26H32ClF3N4OS/c27-20-4-8-23(9-5-20)33-15-2-13-32(17-18-33)16-12-25(35)34-14-1-3-22(19-34)31-21-6-10-24(11-7-21)36-26(28,29)30/h4-11,22,31H,1-3,12-19H2/t22-/m0/s1. The number of benzene rings is 2.